The molecule has 0 fully saturated rings. The average Bonchev–Trinajstić information content (AvgIpc) is 2.94. The monoisotopic (exact) mass is 305 g/mol. The summed E-state index contributed by atoms with van der Waals surface area (Å²) >= 11 is 1.66. The molecule has 1 unspecified atom stereocenters. The second kappa shape index (κ2) is 6.85. The number of aryl methyl sites for hydroxylation is 1. The Kier molecular flexibility index (Phi) is 5.12. The van der Waals surface area contributed by atoms with Crippen LogP contribution in [0.1, 0.15) is 15.3 Å². The molecular formula is C16H19NO3S. The van der Waals surface area contributed by atoms with Crippen LogP contribution in [0.5, 0.6) is 0 Å². The molecule has 0 spiro atoms. The number of methoxy groups -OCH3 is 1. The van der Waals surface area contributed by atoms with Gasteiger partial charge in [0.25, 0.3) is 0 Å². The van der Waals surface area contributed by atoms with Crippen LogP contribution in [0, 0.1) is 6.92 Å². The van der Waals surface area contributed by atoms with Crippen molar-refractivity contribution in [2.45, 2.75) is 19.0 Å². The molecule has 0 amide bonds. The molecule has 5 heteroatoms. The lowest BCUT2D eigenvalue weighted by Crippen LogP contribution is -2.52. The third-order valence-electron chi connectivity index (χ3n) is 3.40. The summed E-state index contributed by atoms with van der Waals surface area (Å²) in [7, 11) is 1.33. The first-order valence-corrected chi connectivity index (χ1v) is 7.49. The summed E-state index contributed by atoms with van der Waals surface area (Å²) in [5.74, 6) is -0.496. The number of rotatable bonds is 6. The lowest BCUT2D eigenvalue weighted by atomic mass is 9.90. The first-order chi connectivity index (χ1) is 10.1. The van der Waals surface area contributed by atoms with Crippen molar-refractivity contribution in [1.82, 2.24) is 5.32 Å². The third kappa shape index (κ3) is 3.32. The van der Waals surface area contributed by atoms with Gasteiger partial charge in [-0.2, -0.15) is 0 Å². The third-order valence-corrected chi connectivity index (χ3v) is 4.40. The van der Waals surface area contributed by atoms with E-state index in [2.05, 4.69) is 5.32 Å². The maximum absolute atomic E-state index is 12.3. The number of aliphatic hydroxyl groups excluding tert-OH is 1. The number of thiophene rings is 1. The molecule has 4 nitrogen and oxygen atoms in total. The lowest BCUT2D eigenvalue weighted by molar-refractivity contribution is -0.151. The van der Waals surface area contributed by atoms with E-state index in [1.807, 2.05) is 37.3 Å². The molecular weight excluding hydrogens is 286 g/mol. The van der Waals surface area contributed by atoms with Crippen LogP contribution in [0.15, 0.2) is 42.5 Å². The van der Waals surface area contributed by atoms with Crippen molar-refractivity contribution in [3.05, 3.63) is 57.8 Å². The van der Waals surface area contributed by atoms with E-state index in [-0.39, 0.29) is 6.61 Å². The molecule has 0 bridgehead atoms. The zero-order chi connectivity index (χ0) is 15.3. The van der Waals surface area contributed by atoms with Crippen LogP contribution in [0.3, 0.4) is 0 Å². The Labute approximate surface area is 128 Å². The van der Waals surface area contributed by atoms with Gasteiger partial charge >= 0.3 is 5.97 Å². The molecule has 0 saturated heterocycles. The Hall–Kier alpha value is -1.69. The van der Waals surface area contributed by atoms with E-state index in [1.165, 1.54) is 12.0 Å². The fourth-order valence-electron chi connectivity index (χ4n) is 2.22. The molecule has 21 heavy (non-hydrogen) atoms. The van der Waals surface area contributed by atoms with Crippen molar-refractivity contribution >= 4 is 17.3 Å². The predicted octanol–water partition coefficient (Wildman–Crippen LogP) is 2.21. The van der Waals surface area contributed by atoms with Gasteiger partial charge in [-0.25, -0.2) is 4.79 Å². The molecule has 0 saturated carbocycles. The highest BCUT2D eigenvalue weighted by molar-refractivity contribution is 7.11. The van der Waals surface area contributed by atoms with Gasteiger partial charge in [-0.3, -0.25) is 5.32 Å². The quantitative estimate of drug-likeness (QED) is 0.803. The number of benzene rings is 1. The van der Waals surface area contributed by atoms with Crippen molar-refractivity contribution < 1.29 is 14.6 Å². The standard InChI is InChI=1S/C16H19NO3S/c1-12-8-9-14(21-12)10-17-16(11-18,15(19)20-2)13-6-4-3-5-7-13/h3-9,17-18H,10-11H2,1-2H3. The highest BCUT2D eigenvalue weighted by Gasteiger charge is 2.40. The predicted molar refractivity (Wildman–Crippen MR) is 83.1 cm³/mol. The highest BCUT2D eigenvalue weighted by atomic mass is 32.1. The summed E-state index contributed by atoms with van der Waals surface area (Å²) in [5.41, 5.74) is -0.555. The van der Waals surface area contributed by atoms with Gasteiger partial charge in [0.1, 0.15) is 0 Å². The van der Waals surface area contributed by atoms with Crippen LogP contribution in [-0.2, 0) is 21.6 Å². The molecule has 1 aromatic heterocycles. The highest BCUT2D eigenvalue weighted by Crippen LogP contribution is 2.24. The second-order valence-corrected chi connectivity index (χ2v) is 6.16. The van der Waals surface area contributed by atoms with E-state index < -0.39 is 11.5 Å². The Bertz CT molecular complexity index is 597. The summed E-state index contributed by atoms with van der Waals surface area (Å²) in [4.78, 5) is 14.6. The fourth-order valence-corrected chi connectivity index (χ4v) is 3.05. The zero-order valence-electron chi connectivity index (χ0n) is 12.1. The molecule has 0 aliphatic carbocycles. The van der Waals surface area contributed by atoms with Crippen molar-refractivity contribution in [1.29, 1.82) is 0 Å². The van der Waals surface area contributed by atoms with Gasteiger partial charge in [0, 0.05) is 16.3 Å². The topological polar surface area (TPSA) is 58.6 Å². The number of carbonyl (C=O) groups is 1. The van der Waals surface area contributed by atoms with Crippen LogP contribution >= 0.6 is 11.3 Å². The number of aliphatic hydroxyl groups is 1. The molecule has 0 aliphatic heterocycles. The maximum Gasteiger partial charge on any atom is 0.333 e. The summed E-state index contributed by atoms with van der Waals surface area (Å²) in [6.45, 7) is 2.15. The van der Waals surface area contributed by atoms with Gasteiger partial charge in [-0.15, -0.1) is 11.3 Å². The Balaban J connectivity index is 2.29. The number of carbonyl (C=O) groups excluding carboxylic acids is 1. The van der Waals surface area contributed by atoms with Crippen molar-refractivity contribution in [2.24, 2.45) is 0 Å². The molecule has 2 rings (SSSR count). The summed E-state index contributed by atoms with van der Waals surface area (Å²) in [6.07, 6.45) is 0. The normalized spacial score (nSPS) is 13.7. The van der Waals surface area contributed by atoms with Gasteiger partial charge in [0.2, 0.25) is 0 Å². The minimum Gasteiger partial charge on any atom is -0.467 e. The van der Waals surface area contributed by atoms with E-state index in [1.54, 1.807) is 23.5 Å². The smallest absolute Gasteiger partial charge is 0.333 e. The van der Waals surface area contributed by atoms with Crippen LogP contribution in [0.4, 0.5) is 0 Å². The Morgan fingerprint density at radius 2 is 2.00 bits per heavy atom. The number of hydrogen-bond acceptors (Lipinski definition) is 5. The van der Waals surface area contributed by atoms with Crippen molar-refractivity contribution in [3.63, 3.8) is 0 Å². The molecule has 2 aromatic rings. The maximum atomic E-state index is 12.3. The summed E-state index contributed by atoms with van der Waals surface area (Å²) < 4.78 is 4.90. The molecule has 1 heterocycles. The first kappa shape index (κ1) is 15.7. The van der Waals surface area contributed by atoms with E-state index in [0.717, 1.165) is 4.88 Å². The lowest BCUT2D eigenvalue weighted by Gasteiger charge is -2.30. The fraction of sp³-hybridized carbons (Fsp3) is 0.312. The minimum atomic E-state index is -1.24. The minimum absolute atomic E-state index is 0.367. The SMILES string of the molecule is COC(=O)C(CO)(NCc1ccc(C)s1)c1ccccc1. The molecule has 0 aliphatic rings. The van der Waals surface area contributed by atoms with Gasteiger partial charge < -0.3 is 9.84 Å². The van der Waals surface area contributed by atoms with E-state index in [9.17, 15) is 9.90 Å². The van der Waals surface area contributed by atoms with Gasteiger partial charge in [0.15, 0.2) is 5.54 Å². The molecule has 2 N–H and O–H groups in total. The number of ether oxygens (including phenoxy) is 1. The van der Waals surface area contributed by atoms with Crippen LogP contribution in [0.25, 0.3) is 0 Å². The molecule has 1 aromatic carbocycles. The Morgan fingerprint density at radius 3 is 2.52 bits per heavy atom. The second-order valence-electron chi connectivity index (χ2n) is 4.79. The zero-order valence-corrected chi connectivity index (χ0v) is 12.9. The summed E-state index contributed by atoms with van der Waals surface area (Å²) in [6, 6.07) is 13.2. The number of nitrogens with one attached hydrogen (secondary N) is 1. The van der Waals surface area contributed by atoms with Crippen LogP contribution in [-0.4, -0.2) is 24.8 Å². The number of hydrogen-bond donors (Lipinski definition) is 2. The Morgan fingerprint density at radius 1 is 1.29 bits per heavy atom. The van der Waals surface area contributed by atoms with Gasteiger partial charge in [-0.05, 0) is 24.6 Å². The van der Waals surface area contributed by atoms with Gasteiger partial charge in [0.05, 0.1) is 13.7 Å². The largest absolute Gasteiger partial charge is 0.467 e. The molecule has 1 atom stereocenters. The summed E-state index contributed by atoms with van der Waals surface area (Å²) in [5, 5.41) is 13.0. The van der Waals surface area contributed by atoms with E-state index in [0.29, 0.717) is 12.1 Å². The van der Waals surface area contributed by atoms with Crippen molar-refractivity contribution in [3.8, 4) is 0 Å². The average molecular weight is 305 g/mol. The van der Waals surface area contributed by atoms with Crippen LogP contribution < -0.4 is 5.32 Å². The number of esters is 1. The van der Waals surface area contributed by atoms with Crippen molar-refractivity contribution in [2.75, 3.05) is 13.7 Å². The van der Waals surface area contributed by atoms with E-state index in [4.69, 9.17) is 4.74 Å². The van der Waals surface area contributed by atoms with Crippen LogP contribution in [0.2, 0.25) is 0 Å². The van der Waals surface area contributed by atoms with E-state index >= 15 is 0 Å². The first-order valence-electron chi connectivity index (χ1n) is 6.67. The molecule has 0 radical (unpaired) electrons. The van der Waals surface area contributed by atoms with Gasteiger partial charge in [-0.1, -0.05) is 30.3 Å². The molecule has 112 valence electrons.